The second kappa shape index (κ2) is 9.57. The summed E-state index contributed by atoms with van der Waals surface area (Å²) in [6.45, 7) is 1.64. The zero-order chi connectivity index (χ0) is 21.6. The lowest BCUT2D eigenvalue weighted by Gasteiger charge is -2.26. The van der Waals surface area contributed by atoms with Gasteiger partial charge >= 0.3 is 6.03 Å². The highest BCUT2D eigenvalue weighted by Gasteiger charge is 2.24. The molecule has 0 aliphatic carbocycles. The molecule has 0 bridgehead atoms. The maximum atomic E-state index is 12.6. The molecule has 3 heterocycles. The largest absolute Gasteiger partial charge is 0.497 e. The highest BCUT2D eigenvalue weighted by Crippen LogP contribution is 2.28. The zero-order valence-electron chi connectivity index (χ0n) is 17.1. The monoisotopic (exact) mass is 437 g/mol. The smallest absolute Gasteiger partial charge is 0.317 e. The second-order valence-corrected chi connectivity index (χ2v) is 8.14. The van der Waals surface area contributed by atoms with Crippen LogP contribution in [-0.2, 0) is 19.4 Å². The summed E-state index contributed by atoms with van der Waals surface area (Å²) in [5, 5.41) is 6.31. The van der Waals surface area contributed by atoms with Crippen molar-refractivity contribution in [1.29, 1.82) is 0 Å². The van der Waals surface area contributed by atoms with E-state index in [-0.39, 0.29) is 11.9 Å². The van der Waals surface area contributed by atoms with E-state index in [9.17, 15) is 9.59 Å². The number of pyridine rings is 1. The number of amides is 3. The standard InChI is InChI=1S/C22H23N5O3S/c1-30-16-7-5-15(6-8-16)9-12-24-22(29)27-13-10-17-19(14-27)31-21(25-17)26-20(28)18-4-2-3-11-23-18/h2-8,11H,9-10,12-14H2,1H3,(H,24,29)(H,25,26,28). The quantitative estimate of drug-likeness (QED) is 0.618. The van der Waals surface area contributed by atoms with Crippen molar-refractivity contribution in [3.8, 4) is 5.75 Å². The fourth-order valence-corrected chi connectivity index (χ4v) is 4.32. The summed E-state index contributed by atoms with van der Waals surface area (Å²) in [5.74, 6) is 0.525. The van der Waals surface area contributed by atoms with E-state index in [4.69, 9.17) is 4.74 Å². The number of urea groups is 1. The van der Waals surface area contributed by atoms with E-state index in [1.54, 1.807) is 36.4 Å². The molecule has 2 aromatic heterocycles. The van der Waals surface area contributed by atoms with E-state index in [0.717, 1.165) is 28.3 Å². The van der Waals surface area contributed by atoms with Crippen molar-refractivity contribution < 1.29 is 14.3 Å². The van der Waals surface area contributed by atoms with Crippen molar-refractivity contribution in [2.24, 2.45) is 0 Å². The maximum Gasteiger partial charge on any atom is 0.317 e. The van der Waals surface area contributed by atoms with Crippen molar-refractivity contribution in [2.45, 2.75) is 19.4 Å². The number of carbonyl (C=O) groups excluding carboxylic acids is 2. The van der Waals surface area contributed by atoms with Gasteiger partial charge in [0.25, 0.3) is 5.91 Å². The first-order chi connectivity index (χ1) is 15.1. The first-order valence-corrected chi connectivity index (χ1v) is 10.8. The highest BCUT2D eigenvalue weighted by atomic mass is 32.1. The molecule has 3 aromatic rings. The SMILES string of the molecule is COc1ccc(CCNC(=O)N2CCc3nc(NC(=O)c4ccccn4)sc3C2)cc1. The van der Waals surface area contributed by atoms with Crippen molar-refractivity contribution in [1.82, 2.24) is 20.2 Å². The van der Waals surface area contributed by atoms with Crippen LogP contribution in [0, 0.1) is 0 Å². The van der Waals surface area contributed by atoms with Gasteiger partial charge in [-0.05, 0) is 36.2 Å². The van der Waals surface area contributed by atoms with Crippen LogP contribution in [-0.4, -0.2) is 47.0 Å². The summed E-state index contributed by atoms with van der Waals surface area (Å²) >= 11 is 1.40. The topological polar surface area (TPSA) is 96.5 Å². The average Bonchev–Trinajstić information content (AvgIpc) is 3.21. The summed E-state index contributed by atoms with van der Waals surface area (Å²) in [6.07, 6.45) is 2.99. The van der Waals surface area contributed by atoms with Gasteiger partial charge < -0.3 is 15.0 Å². The van der Waals surface area contributed by atoms with Crippen molar-refractivity contribution >= 4 is 28.4 Å². The van der Waals surface area contributed by atoms with Crippen LogP contribution < -0.4 is 15.4 Å². The van der Waals surface area contributed by atoms with Crippen LogP contribution in [0.1, 0.15) is 26.6 Å². The number of nitrogens with one attached hydrogen (secondary N) is 2. The zero-order valence-corrected chi connectivity index (χ0v) is 17.9. The van der Waals surface area contributed by atoms with Gasteiger partial charge in [0.1, 0.15) is 11.4 Å². The molecular weight excluding hydrogens is 414 g/mol. The van der Waals surface area contributed by atoms with Gasteiger partial charge in [-0.3, -0.25) is 15.1 Å². The summed E-state index contributed by atoms with van der Waals surface area (Å²) < 4.78 is 5.16. The Morgan fingerprint density at radius 2 is 2.03 bits per heavy atom. The number of methoxy groups -OCH3 is 1. The fraction of sp³-hybridized carbons (Fsp3) is 0.273. The van der Waals surface area contributed by atoms with E-state index < -0.39 is 0 Å². The Morgan fingerprint density at radius 3 is 2.77 bits per heavy atom. The van der Waals surface area contributed by atoms with E-state index >= 15 is 0 Å². The third kappa shape index (κ3) is 5.18. The van der Waals surface area contributed by atoms with Crippen molar-refractivity contribution in [3.63, 3.8) is 0 Å². The number of nitrogens with zero attached hydrogens (tertiary/aromatic N) is 3. The van der Waals surface area contributed by atoms with Gasteiger partial charge in [-0.1, -0.05) is 29.5 Å². The van der Waals surface area contributed by atoms with Gasteiger partial charge in [0, 0.05) is 30.6 Å². The highest BCUT2D eigenvalue weighted by molar-refractivity contribution is 7.15. The Balaban J connectivity index is 1.29. The molecule has 1 aromatic carbocycles. The molecule has 9 heteroatoms. The van der Waals surface area contributed by atoms with Gasteiger partial charge in [0.2, 0.25) is 0 Å². The molecule has 0 saturated heterocycles. The number of benzene rings is 1. The number of aromatic nitrogens is 2. The van der Waals surface area contributed by atoms with Crippen LogP contribution in [0.25, 0.3) is 0 Å². The summed E-state index contributed by atoms with van der Waals surface area (Å²) in [5.41, 5.74) is 2.41. The second-order valence-electron chi connectivity index (χ2n) is 7.06. The predicted molar refractivity (Wildman–Crippen MR) is 119 cm³/mol. The lowest BCUT2D eigenvalue weighted by Crippen LogP contribution is -2.43. The lowest BCUT2D eigenvalue weighted by molar-refractivity contribution is 0.102. The molecule has 0 atom stereocenters. The average molecular weight is 438 g/mol. The number of ether oxygens (including phenoxy) is 1. The van der Waals surface area contributed by atoms with Crippen LogP contribution in [0.4, 0.5) is 9.93 Å². The molecule has 8 nitrogen and oxygen atoms in total. The van der Waals surface area contributed by atoms with Crippen LogP contribution in [0.3, 0.4) is 0 Å². The molecule has 1 aliphatic rings. The van der Waals surface area contributed by atoms with Gasteiger partial charge in [-0.15, -0.1) is 0 Å². The maximum absolute atomic E-state index is 12.6. The molecule has 4 rings (SSSR count). The summed E-state index contributed by atoms with van der Waals surface area (Å²) in [7, 11) is 1.64. The van der Waals surface area contributed by atoms with Crippen LogP contribution >= 0.6 is 11.3 Å². The number of thiazole rings is 1. The first-order valence-electron chi connectivity index (χ1n) is 9.99. The molecule has 0 fully saturated rings. The normalized spacial score (nSPS) is 12.7. The third-order valence-corrected chi connectivity index (χ3v) is 5.98. The molecule has 1 aliphatic heterocycles. The van der Waals surface area contributed by atoms with Gasteiger partial charge in [-0.2, -0.15) is 0 Å². The Hall–Kier alpha value is -3.46. The summed E-state index contributed by atoms with van der Waals surface area (Å²) in [4.78, 5) is 36.2. The van der Waals surface area contributed by atoms with Crippen LogP contribution in [0.2, 0.25) is 0 Å². The Bertz CT molecular complexity index is 1050. The molecular formula is C22H23N5O3S. The Morgan fingerprint density at radius 1 is 1.19 bits per heavy atom. The summed E-state index contributed by atoms with van der Waals surface area (Å²) in [6, 6.07) is 12.9. The number of carbonyl (C=O) groups is 2. The molecule has 0 radical (unpaired) electrons. The minimum atomic E-state index is -0.292. The van der Waals surface area contributed by atoms with E-state index in [1.807, 2.05) is 24.3 Å². The van der Waals surface area contributed by atoms with Crippen molar-refractivity contribution in [2.75, 3.05) is 25.5 Å². The Labute approximate surface area is 184 Å². The first kappa shape index (κ1) is 20.8. The van der Waals surface area contributed by atoms with Gasteiger partial charge in [-0.25, -0.2) is 9.78 Å². The Kier molecular flexibility index (Phi) is 6.42. The molecule has 160 valence electrons. The third-order valence-electron chi connectivity index (χ3n) is 4.99. The molecule has 0 saturated carbocycles. The molecule has 31 heavy (non-hydrogen) atoms. The van der Waals surface area contributed by atoms with E-state index in [1.165, 1.54) is 11.3 Å². The van der Waals surface area contributed by atoms with Crippen molar-refractivity contribution in [3.05, 3.63) is 70.5 Å². The van der Waals surface area contributed by atoms with E-state index in [0.29, 0.717) is 36.9 Å². The number of rotatable bonds is 6. The lowest BCUT2D eigenvalue weighted by atomic mass is 10.1. The van der Waals surface area contributed by atoms with Gasteiger partial charge in [0.05, 0.1) is 19.3 Å². The predicted octanol–water partition coefficient (Wildman–Crippen LogP) is 3.11. The number of fused-ring (bicyclic) bond motifs is 1. The van der Waals surface area contributed by atoms with Gasteiger partial charge in [0.15, 0.2) is 5.13 Å². The minimum Gasteiger partial charge on any atom is -0.497 e. The number of hydrogen-bond acceptors (Lipinski definition) is 6. The molecule has 0 spiro atoms. The fourth-order valence-electron chi connectivity index (χ4n) is 3.30. The molecule has 0 unspecified atom stereocenters. The number of hydrogen-bond donors (Lipinski definition) is 2. The van der Waals surface area contributed by atoms with Crippen LogP contribution in [0.15, 0.2) is 48.7 Å². The van der Waals surface area contributed by atoms with Crippen LogP contribution in [0.5, 0.6) is 5.75 Å². The molecule has 3 amide bonds. The molecule has 2 N–H and O–H groups in total. The number of anilines is 1. The minimum absolute atomic E-state index is 0.0911. The van der Waals surface area contributed by atoms with E-state index in [2.05, 4.69) is 20.6 Å².